The highest BCUT2D eigenvalue weighted by Crippen LogP contribution is 2.08. The highest BCUT2D eigenvalue weighted by Gasteiger charge is 1.91. The molecule has 0 unspecified atom stereocenters. The molecule has 0 saturated heterocycles. The van der Waals surface area contributed by atoms with Gasteiger partial charge in [0.05, 0.1) is 0 Å². The average Bonchev–Trinajstić information content (AvgIpc) is 2.01. The third-order valence-electron chi connectivity index (χ3n) is 1.27. The van der Waals surface area contributed by atoms with Crippen LogP contribution >= 0.6 is 11.6 Å². The number of hydrogen-bond acceptors (Lipinski definition) is 2. The van der Waals surface area contributed by atoms with Crippen LogP contribution in [0.25, 0.3) is 0 Å². The summed E-state index contributed by atoms with van der Waals surface area (Å²) in [6, 6.07) is 5.55. The molecule has 0 spiro atoms. The van der Waals surface area contributed by atoms with Crippen molar-refractivity contribution in [1.29, 1.82) is 0 Å². The second-order valence-corrected chi connectivity index (χ2v) is 2.66. The lowest BCUT2D eigenvalue weighted by molar-refractivity contribution is 0.969. The summed E-state index contributed by atoms with van der Waals surface area (Å²) >= 11 is 5.67. The van der Waals surface area contributed by atoms with Crippen LogP contribution in [-0.2, 0) is 0 Å². The number of aromatic nitrogens is 1. The summed E-state index contributed by atoms with van der Waals surface area (Å²) in [7, 11) is 0. The highest BCUT2D eigenvalue weighted by molar-refractivity contribution is 6.29. The Morgan fingerprint density at radius 2 is 2.36 bits per heavy atom. The van der Waals surface area contributed by atoms with Crippen molar-refractivity contribution in [1.82, 2.24) is 4.98 Å². The fourth-order valence-corrected chi connectivity index (χ4v) is 0.924. The minimum absolute atomic E-state index is 0.533. The molecule has 0 bridgehead atoms. The Labute approximate surface area is 71.6 Å². The number of halogens is 1. The van der Waals surface area contributed by atoms with Gasteiger partial charge in [-0.25, -0.2) is 4.98 Å². The lowest BCUT2D eigenvalue weighted by atomic mass is 10.4. The third-order valence-corrected chi connectivity index (χ3v) is 1.48. The van der Waals surface area contributed by atoms with Crippen LogP contribution in [0.15, 0.2) is 18.2 Å². The van der Waals surface area contributed by atoms with Crippen molar-refractivity contribution in [3.63, 3.8) is 0 Å². The molecular weight excluding hydrogens is 160 g/mol. The van der Waals surface area contributed by atoms with E-state index in [1.165, 1.54) is 0 Å². The molecule has 0 atom stereocenters. The maximum atomic E-state index is 5.67. The Kier molecular flexibility index (Phi) is 3.17. The summed E-state index contributed by atoms with van der Waals surface area (Å²) in [4.78, 5) is 4.07. The lowest BCUT2D eigenvalue weighted by Gasteiger charge is -2.02. The van der Waals surface area contributed by atoms with Crippen molar-refractivity contribution in [3.05, 3.63) is 23.4 Å². The zero-order valence-electron chi connectivity index (χ0n) is 6.47. The second kappa shape index (κ2) is 4.19. The molecule has 2 nitrogen and oxygen atoms in total. The van der Waals surface area contributed by atoms with Gasteiger partial charge < -0.3 is 5.32 Å². The van der Waals surface area contributed by atoms with E-state index in [-0.39, 0.29) is 0 Å². The number of nitrogens with one attached hydrogen (secondary N) is 1. The van der Waals surface area contributed by atoms with Crippen LogP contribution in [0.1, 0.15) is 13.3 Å². The van der Waals surface area contributed by atoms with Crippen molar-refractivity contribution in [3.8, 4) is 0 Å². The van der Waals surface area contributed by atoms with E-state index in [1.54, 1.807) is 6.07 Å². The molecule has 1 heterocycles. The van der Waals surface area contributed by atoms with Gasteiger partial charge in [-0.3, -0.25) is 0 Å². The minimum Gasteiger partial charge on any atom is -0.370 e. The van der Waals surface area contributed by atoms with E-state index in [0.29, 0.717) is 5.15 Å². The third kappa shape index (κ3) is 2.76. The van der Waals surface area contributed by atoms with Gasteiger partial charge in [-0.1, -0.05) is 24.6 Å². The molecule has 0 aromatic carbocycles. The lowest BCUT2D eigenvalue weighted by Crippen LogP contribution is -2.01. The topological polar surface area (TPSA) is 24.9 Å². The maximum Gasteiger partial charge on any atom is 0.131 e. The first-order valence-corrected chi connectivity index (χ1v) is 4.07. The van der Waals surface area contributed by atoms with E-state index in [0.717, 1.165) is 18.8 Å². The molecular formula is C8H11ClN2. The predicted molar refractivity (Wildman–Crippen MR) is 48.0 cm³/mol. The summed E-state index contributed by atoms with van der Waals surface area (Å²) in [5.41, 5.74) is 0. The minimum atomic E-state index is 0.533. The number of anilines is 1. The molecule has 0 aliphatic carbocycles. The molecule has 0 radical (unpaired) electrons. The van der Waals surface area contributed by atoms with Crippen LogP contribution in [0.2, 0.25) is 5.15 Å². The first-order chi connectivity index (χ1) is 5.33. The zero-order chi connectivity index (χ0) is 8.10. The van der Waals surface area contributed by atoms with Crippen molar-refractivity contribution in [2.24, 2.45) is 0 Å². The van der Waals surface area contributed by atoms with Gasteiger partial charge >= 0.3 is 0 Å². The monoisotopic (exact) mass is 170 g/mol. The summed E-state index contributed by atoms with van der Waals surface area (Å²) in [5.74, 6) is 0.847. The Morgan fingerprint density at radius 3 is 3.00 bits per heavy atom. The standard InChI is InChI=1S/C8H11ClN2/c1-2-6-10-8-5-3-4-7(9)11-8/h3-5H,2,6H2,1H3,(H,10,11). The summed E-state index contributed by atoms with van der Waals surface area (Å²) < 4.78 is 0. The molecule has 0 aliphatic rings. The smallest absolute Gasteiger partial charge is 0.131 e. The Balaban J connectivity index is 2.56. The molecule has 1 N–H and O–H groups in total. The molecule has 11 heavy (non-hydrogen) atoms. The number of hydrogen-bond donors (Lipinski definition) is 1. The summed E-state index contributed by atoms with van der Waals surface area (Å²) in [5, 5.41) is 3.67. The highest BCUT2D eigenvalue weighted by atomic mass is 35.5. The number of nitrogens with zero attached hydrogens (tertiary/aromatic N) is 1. The first-order valence-electron chi connectivity index (χ1n) is 3.69. The second-order valence-electron chi connectivity index (χ2n) is 2.27. The van der Waals surface area contributed by atoms with Crippen LogP contribution in [0, 0.1) is 0 Å². The van der Waals surface area contributed by atoms with E-state index in [2.05, 4.69) is 17.2 Å². The normalized spacial score (nSPS) is 9.64. The zero-order valence-corrected chi connectivity index (χ0v) is 7.23. The van der Waals surface area contributed by atoms with Gasteiger partial charge in [-0.2, -0.15) is 0 Å². The predicted octanol–water partition coefficient (Wildman–Crippen LogP) is 2.56. The maximum absolute atomic E-state index is 5.67. The summed E-state index contributed by atoms with van der Waals surface area (Å²) in [6.45, 7) is 3.05. The van der Waals surface area contributed by atoms with Crippen LogP contribution in [0.5, 0.6) is 0 Å². The van der Waals surface area contributed by atoms with Crippen LogP contribution < -0.4 is 5.32 Å². The molecule has 0 fully saturated rings. The van der Waals surface area contributed by atoms with Crippen LogP contribution in [-0.4, -0.2) is 11.5 Å². The Morgan fingerprint density at radius 1 is 1.55 bits per heavy atom. The molecule has 3 heteroatoms. The average molecular weight is 171 g/mol. The van der Waals surface area contributed by atoms with Gasteiger partial charge in [0.2, 0.25) is 0 Å². The van der Waals surface area contributed by atoms with Crippen molar-refractivity contribution < 1.29 is 0 Å². The van der Waals surface area contributed by atoms with Gasteiger partial charge in [0.15, 0.2) is 0 Å². The van der Waals surface area contributed by atoms with Crippen molar-refractivity contribution in [2.45, 2.75) is 13.3 Å². The Bertz CT molecular complexity index is 225. The molecule has 1 rings (SSSR count). The van der Waals surface area contributed by atoms with Crippen molar-refractivity contribution in [2.75, 3.05) is 11.9 Å². The SMILES string of the molecule is CCCNc1cccc(Cl)n1. The molecule has 0 amide bonds. The molecule has 1 aromatic heterocycles. The van der Waals surface area contributed by atoms with E-state index in [4.69, 9.17) is 11.6 Å². The van der Waals surface area contributed by atoms with Gasteiger partial charge in [0.25, 0.3) is 0 Å². The number of rotatable bonds is 3. The fraction of sp³-hybridized carbons (Fsp3) is 0.375. The number of pyridine rings is 1. The van der Waals surface area contributed by atoms with Gasteiger partial charge in [-0.15, -0.1) is 0 Å². The van der Waals surface area contributed by atoms with Gasteiger partial charge in [0, 0.05) is 6.54 Å². The van der Waals surface area contributed by atoms with Crippen LogP contribution in [0.4, 0.5) is 5.82 Å². The molecule has 60 valence electrons. The van der Waals surface area contributed by atoms with E-state index in [1.807, 2.05) is 12.1 Å². The van der Waals surface area contributed by atoms with E-state index in [9.17, 15) is 0 Å². The summed E-state index contributed by atoms with van der Waals surface area (Å²) in [6.07, 6.45) is 1.09. The molecule has 0 aliphatic heterocycles. The van der Waals surface area contributed by atoms with Gasteiger partial charge in [-0.05, 0) is 18.6 Å². The quantitative estimate of drug-likeness (QED) is 0.706. The Hall–Kier alpha value is -0.760. The molecule has 1 aromatic rings. The van der Waals surface area contributed by atoms with Gasteiger partial charge in [0.1, 0.15) is 11.0 Å². The van der Waals surface area contributed by atoms with Crippen molar-refractivity contribution >= 4 is 17.4 Å². The molecule has 0 saturated carbocycles. The van der Waals surface area contributed by atoms with Crippen LogP contribution in [0.3, 0.4) is 0 Å². The fourth-order valence-electron chi connectivity index (χ4n) is 0.760. The first kappa shape index (κ1) is 8.34. The largest absolute Gasteiger partial charge is 0.370 e. The van der Waals surface area contributed by atoms with E-state index >= 15 is 0 Å². The van der Waals surface area contributed by atoms with E-state index < -0.39 is 0 Å².